The van der Waals surface area contributed by atoms with Gasteiger partial charge in [0.25, 0.3) is 5.56 Å². The van der Waals surface area contributed by atoms with Crippen LogP contribution in [0.5, 0.6) is 0 Å². The van der Waals surface area contributed by atoms with Crippen LogP contribution in [0.15, 0.2) is 23.0 Å². The number of carbonyl (C=O) groups excluding carboxylic acids is 1. The van der Waals surface area contributed by atoms with Crippen LogP contribution in [0.4, 0.5) is 0 Å². The van der Waals surface area contributed by atoms with E-state index >= 15 is 0 Å². The van der Waals surface area contributed by atoms with Crippen molar-refractivity contribution in [3.63, 3.8) is 0 Å². The SMILES string of the molecule is CCCc1[nH][nH]c(=O)c1C(=O)c1c(Cl)cccc1Cl. The molecular weight excluding hydrogens is 287 g/mol. The van der Waals surface area contributed by atoms with E-state index in [1.165, 1.54) is 0 Å². The number of hydrogen-bond donors (Lipinski definition) is 2. The zero-order chi connectivity index (χ0) is 14.0. The second-order valence-corrected chi connectivity index (χ2v) is 4.92. The fourth-order valence-corrected chi connectivity index (χ4v) is 2.48. The maximum Gasteiger partial charge on any atom is 0.275 e. The average Bonchev–Trinajstić information content (AvgIpc) is 2.70. The van der Waals surface area contributed by atoms with E-state index in [2.05, 4.69) is 10.2 Å². The van der Waals surface area contributed by atoms with Gasteiger partial charge in [-0.2, -0.15) is 0 Å². The number of hydrogen-bond acceptors (Lipinski definition) is 2. The van der Waals surface area contributed by atoms with Gasteiger partial charge in [0.1, 0.15) is 5.56 Å². The lowest BCUT2D eigenvalue weighted by atomic mass is 10.0. The van der Waals surface area contributed by atoms with E-state index in [1.54, 1.807) is 18.2 Å². The summed E-state index contributed by atoms with van der Waals surface area (Å²) in [7, 11) is 0. The number of aromatic amines is 2. The van der Waals surface area contributed by atoms with E-state index in [4.69, 9.17) is 23.2 Å². The minimum atomic E-state index is -0.457. The zero-order valence-corrected chi connectivity index (χ0v) is 11.7. The molecule has 0 saturated heterocycles. The number of nitrogens with one attached hydrogen (secondary N) is 2. The molecule has 0 unspecified atom stereocenters. The normalized spacial score (nSPS) is 10.7. The number of rotatable bonds is 4. The molecule has 0 fully saturated rings. The number of aryl methyl sites for hydroxylation is 1. The molecule has 0 aliphatic heterocycles. The number of carbonyl (C=O) groups is 1. The molecule has 0 saturated carbocycles. The molecule has 0 bridgehead atoms. The smallest absolute Gasteiger partial charge is 0.275 e. The standard InChI is InChI=1S/C13H12Cl2N2O2/c1-2-4-9-11(13(19)17-16-9)12(18)10-7(14)5-3-6-8(10)15/h3,5-6H,2,4H2,1H3,(H2,16,17,19). The Morgan fingerprint density at radius 3 is 2.37 bits per heavy atom. The van der Waals surface area contributed by atoms with Gasteiger partial charge in [-0.1, -0.05) is 42.6 Å². The van der Waals surface area contributed by atoms with Gasteiger partial charge in [-0.25, -0.2) is 0 Å². The van der Waals surface area contributed by atoms with Crippen molar-refractivity contribution in [1.29, 1.82) is 0 Å². The molecule has 1 heterocycles. The molecule has 2 N–H and O–H groups in total. The summed E-state index contributed by atoms with van der Waals surface area (Å²) >= 11 is 12.0. The fourth-order valence-electron chi connectivity index (χ4n) is 1.91. The largest absolute Gasteiger partial charge is 0.302 e. The summed E-state index contributed by atoms with van der Waals surface area (Å²) in [6.45, 7) is 1.96. The van der Waals surface area contributed by atoms with Crippen molar-refractivity contribution in [2.24, 2.45) is 0 Å². The maximum atomic E-state index is 12.5. The highest BCUT2D eigenvalue weighted by Gasteiger charge is 2.23. The summed E-state index contributed by atoms with van der Waals surface area (Å²) in [5.74, 6) is -0.457. The number of halogens is 2. The lowest BCUT2D eigenvalue weighted by Gasteiger charge is -2.05. The topological polar surface area (TPSA) is 65.7 Å². The summed E-state index contributed by atoms with van der Waals surface area (Å²) in [5, 5.41) is 5.62. The third-order valence-electron chi connectivity index (χ3n) is 2.77. The fraction of sp³-hybridized carbons (Fsp3) is 0.231. The summed E-state index contributed by atoms with van der Waals surface area (Å²) in [6.07, 6.45) is 1.41. The molecule has 0 spiro atoms. The van der Waals surface area contributed by atoms with Crippen molar-refractivity contribution in [2.45, 2.75) is 19.8 Å². The highest BCUT2D eigenvalue weighted by atomic mass is 35.5. The molecule has 1 aromatic carbocycles. The van der Waals surface area contributed by atoms with E-state index in [1.807, 2.05) is 6.92 Å². The van der Waals surface area contributed by atoms with Crippen LogP contribution in [0.3, 0.4) is 0 Å². The Hall–Kier alpha value is -1.52. The van der Waals surface area contributed by atoms with Gasteiger partial charge in [0.15, 0.2) is 0 Å². The molecule has 0 amide bonds. The Kier molecular flexibility index (Phi) is 4.12. The molecule has 1 aromatic heterocycles. The molecule has 2 rings (SSSR count). The molecule has 0 aliphatic rings. The van der Waals surface area contributed by atoms with Crippen LogP contribution in [0.1, 0.15) is 35.0 Å². The Labute approximate surface area is 119 Å². The van der Waals surface area contributed by atoms with Gasteiger partial charge in [-0.05, 0) is 18.6 Å². The highest BCUT2D eigenvalue weighted by molar-refractivity contribution is 6.41. The van der Waals surface area contributed by atoms with Crippen molar-refractivity contribution < 1.29 is 4.79 Å². The number of H-pyrrole nitrogens is 2. The van der Waals surface area contributed by atoms with Gasteiger partial charge >= 0.3 is 0 Å². The van der Waals surface area contributed by atoms with Crippen LogP contribution >= 0.6 is 23.2 Å². The first-order valence-corrected chi connectivity index (χ1v) is 6.60. The van der Waals surface area contributed by atoms with E-state index in [-0.39, 0.29) is 21.2 Å². The quantitative estimate of drug-likeness (QED) is 0.851. The van der Waals surface area contributed by atoms with Crippen LogP contribution in [-0.2, 0) is 6.42 Å². The van der Waals surface area contributed by atoms with Gasteiger partial charge in [-0.15, -0.1) is 0 Å². The summed E-state index contributed by atoms with van der Waals surface area (Å²) in [4.78, 5) is 24.2. The van der Waals surface area contributed by atoms with Crippen molar-refractivity contribution in [2.75, 3.05) is 0 Å². The molecule has 4 nitrogen and oxygen atoms in total. The molecular formula is C13H12Cl2N2O2. The Morgan fingerprint density at radius 1 is 1.16 bits per heavy atom. The van der Waals surface area contributed by atoms with Crippen molar-refractivity contribution >= 4 is 29.0 Å². The van der Waals surface area contributed by atoms with Crippen molar-refractivity contribution in [3.05, 3.63) is 55.4 Å². The lowest BCUT2D eigenvalue weighted by Crippen LogP contribution is -2.16. The van der Waals surface area contributed by atoms with Gasteiger partial charge in [-0.3, -0.25) is 14.7 Å². The van der Waals surface area contributed by atoms with Gasteiger partial charge in [0, 0.05) is 5.69 Å². The van der Waals surface area contributed by atoms with Gasteiger partial charge in [0.2, 0.25) is 5.78 Å². The van der Waals surface area contributed by atoms with Crippen LogP contribution in [0.25, 0.3) is 0 Å². The Morgan fingerprint density at radius 2 is 1.79 bits per heavy atom. The zero-order valence-electron chi connectivity index (χ0n) is 10.2. The first kappa shape index (κ1) is 13.9. The first-order chi connectivity index (χ1) is 9.06. The molecule has 6 heteroatoms. The van der Waals surface area contributed by atoms with E-state index in [9.17, 15) is 9.59 Å². The van der Waals surface area contributed by atoms with Crippen molar-refractivity contribution in [1.82, 2.24) is 10.2 Å². The predicted molar refractivity (Wildman–Crippen MR) is 75.3 cm³/mol. The predicted octanol–water partition coefficient (Wildman–Crippen LogP) is 3.19. The first-order valence-electron chi connectivity index (χ1n) is 5.84. The van der Waals surface area contributed by atoms with E-state index < -0.39 is 11.3 Å². The Bertz CT molecular complexity index is 653. The number of benzene rings is 1. The molecule has 100 valence electrons. The molecule has 0 radical (unpaired) electrons. The van der Waals surface area contributed by atoms with Crippen LogP contribution in [-0.4, -0.2) is 16.0 Å². The molecule has 0 aliphatic carbocycles. The second kappa shape index (κ2) is 5.63. The van der Waals surface area contributed by atoms with E-state index in [0.29, 0.717) is 12.1 Å². The van der Waals surface area contributed by atoms with Crippen LogP contribution in [0.2, 0.25) is 10.0 Å². The molecule has 0 atom stereocenters. The van der Waals surface area contributed by atoms with Gasteiger partial charge < -0.3 is 5.10 Å². The minimum Gasteiger partial charge on any atom is -0.302 e. The summed E-state index contributed by atoms with van der Waals surface area (Å²) in [6, 6.07) is 4.79. The number of ketones is 1. The van der Waals surface area contributed by atoms with Gasteiger partial charge in [0.05, 0.1) is 15.6 Å². The highest BCUT2D eigenvalue weighted by Crippen LogP contribution is 2.26. The average molecular weight is 299 g/mol. The number of aromatic nitrogens is 2. The maximum absolute atomic E-state index is 12.5. The minimum absolute atomic E-state index is 0.0804. The van der Waals surface area contributed by atoms with Crippen LogP contribution in [0, 0.1) is 0 Å². The Balaban J connectivity index is 2.56. The summed E-state index contributed by atoms with van der Waals surface area (Å²) < 4.78 is 0. The van der Waals surface area contributed by atoms with Crippen LogP contribution < -0.4 is 5.56 Å². The second-order valence-electron chi connectivity index (χ2n) is 4.11. The third kappa shape index (κ3) is 2.60. The summed E-state index contributed by atoms with van der Waals surface area (Å²) in [5.41, 5.74) is 0.364. The molecule has 19 heavy (non-hydrogen) atoms. The van der Waals surface area contributed by atoms with E-state index in [0.717, 1.165) is 6.42 Å². The van der Waals surface area contributed by atoms with Crippen molar-refractivity contribution in [3.8, 4) is 0 Å². The third-order valence-corrected chi connectivity index (χ3v) is 3.40. The monoisotopic (exact) mass is 298 g/mol. The molecule has 2 aromatic rings. The lowest BCUT2D eigenvalue weighted by molar-refractivity contribution is 0.103.